The van der Waals surface area contributed by atoms with Crippen LogP contribution in [0, 0.1) is 0 Å². The molecule has 88 valence electrons. The molecule has 2 heterocycles. The van der Waals surface area contributed by atoms with Crippen LogP contribution in [0.5, 0.6) is 0 Å². The zero-order valence-corrected chi connectivity index (χ0v) is 10.4. The highest BCUT2D eigenvalue weighted by atomic mass is 32.2. The van der Waals surface area contributed by atoms with E-state index in [4.69, 9.17) is 5.73 Å². The predicted molar refractivity (Wildman–Crippen MR) is 68.7 cm³/mol. The molecule has 1 aliphatic rings. The van der Waals surface area contributed by atoms with Crippen molar-refractivity contribution in [1.82, 2.24) is 9.97 Å². The zero-order valence-electron chi connectivity index (χ0n) is 9.59. The molecule has 0 bridgehead atoms. The molecule has 0 radical (unpaired) electrons. The van der Waals surface area contributed by atoms with E-state index in [1.54, 1.807) is 6.20 Å². The summed E-state index contributed by atoms with van der Waals surface area (Å²) >= 11 is 2.05. The Labute approximate surface area is 101 Å². The van der Waals surface area contributed by atoms with Crippen molar-refractivity contribution in [2.45, 2.75) is 25.1 Å². The van der Waals surface area contributed by atoms with Gasteiger partial charge in [0.05, 0.1) is 5.69 Å². The van der Waals surface area contributed by atoms with E-state index in [0.29, 0.717) is 11.8 Å². The Bertz CT molecular complexity index is 345. The second kappa shape index (κ2) is 5.50. The van der Waals surface area contributed by atoms with E-state index in [1.165, 1.54) is 6.42 Å². The highest BCUT2D eigenvalue weighted by Gasteiger charge is 2.20. The number of aromatic nitrogens is 2. The van der Waals surface area contributed by atoms with Crippen LogP contribution in [0.25, 0.3) is 0 Å². The van der Waals surface area contributed by atoms with Gasteiger partial charge in [-0.3, -0.25) is 0 Å². The molecule has 5 heteroatoms. The first-order chi connectivity index (χ1) is 7.83. The molecule has 1 fully saturated rings. The maximum atomic E-state index is 5.59. The summed E-state index contributed by atoms with van der Waals surface area (Å²) in [4.78, 5) is 11.1. The molecule has 1 saturated heterocycles. The molecule has 0 aromatic carbocycles. The lowest BCUT2D eigenvalue weighted by molar-refractivity contribution is 0.706. The molecular formula is C11H18N4S. The summed E-state index contributed by atoms with van der Waals surface area (Å²) in [5.74, 6) is 2.00. The first-order valence-electron chi connectivity index (χ1n) is 5.72. The van der Waals surface area contributed by atoms with E-state index >= 15 is 0 Å². The topological polar surface area (TPSA) is 55.0 Å². The Morgan fingerprint density at radius 3 is 3.25 bits per heavy atom. The summed E-state index contributed by atoms with van der Waals surface area (Å²) in [6.07, 6.45) is 3.00. The molecule has 1 aliphatic heterocycles. The lowest BCUT2D eigenvalue weighted by Crippen LogP contribution is -2.38. The van der Waals surface area contributed by atoms with Crippen LogP contribution in [-0.4, -0.2) is 34.1 Å². The summed E-state index contributed by atoms with van der Waals surface area (Å²) < 4.78 is 0. The first-order valence-corrected chi connectivity index (χ1v) is 6.77. The molecule has 1 atom stereocenters. The molecule has 16 heavy (non-hydrogen) atoms. The summed E-state index contributed by atoms with van der Waals surface area (Å²) in [5, 5.41) is 0.707. The summed E-state index contributed by atoms with van der Waals surface area (Å²) in [6, 6.07) is 1.87. The molecule has 2 N–H and O–H groups in total. The third-order valence-corrected chi connectivity index (χ3v) is 4.16. The number of thioether (sulfide) groups is 1. The van der Waals surface area contributed by atoms with Crippen LogP contribution in [-0.2, 0) is 6.54 Å². The fourth-order valence-corrected chi connectivity index (χ4v) is 2.98. The van der Waals surface area contributed by atoms with Crippen molar-refractivity contribution >= 4 is 17.7 Å². The number of hydrogen-bond acceptors (Lipinski definition) is 5. The molecule has 1 aromatic rings. The van der Waals surface area contributed by atoms with Gasteiger partial charge in [0, 0.05) is 36.8 Å². The molecule has 2 rings (SSSR count). The number of hydrogen-bond donors (Lipinski definition) is 1. The number of anilines is 1. The Morgan fingerprint density at radius 1 is 1.62 bits per heavy atom. The van der Waals surface area contributed by atoms with Gasteiger partial charge in [0.1, 0.15) is 0 Å². The molecular weight excluding hydrogens is 220 g/mol. The minimum atomic E-state index is 0.481. The van der Waals surface area contributed by atoms with Gasteiger partial charge in [-0.05, 0) is 12.5 Å². The van der Waals surface area contributed by atoms with Crippen LogP contribution in [0.1, 0.15) is 19.0 Å². The molecule has 0 amide bonds. The minimum Gasteiger partial charge on any atom is -0.339 e. The van der Waals surface area contributed by atoms with Gasteiger partial charge in [0.25, 0.3) is 0 Å². The van der Waals surface area contributed by atoms with Gasteiger partial charge in [-0.1, -0.05) is 6.92 Å². The fraction of sp³-hybridized carbons (Fsp3) is 0.636. The van der Waals surface area contributed by atoms with Gasteiger partial charge in [0.15, 0.2) is 0 Å². The Morgan fingerprint density at radius 2 is 2.50 bits per heavy atom. The van der Waals surface area contributed by atoms with Gasteiger partial charge in [-0.2, -0.15) is 11.8 Å². The average molecular weight is 238 g/mol. The van der Waals surface area contributed by atoms with Gasteiger partial charge in [0.2, 0.25) is 5.95 Å². The molecule has 1 unspecified atom stereocenters. The lowest BCUT2D eigenvalue weighted by Gasteiger charge is -2.31. The van der Waals surface area contributed by atoms with E-state index in [0.717, 1.165) is 30.5 Å². The minimum absolute atomic E-state index is 0.481. The third-order valence-electron chi connectivity index (χ3n) is 2.79. The van der Waals surface area contributed by atoms with Crippen molar-refractivity contribution in [2.24, 2.45) is 5.73 Å². The Balaban J connectivity index is 2.10. The number of rotatable bonds is 3. The predicted octanol–water partition coefficient (Wildman–Crippen LogP) is 1.27. The largest absolute Gasteiger partial charge is 0.339 e. The number of nitrogens with two attached hydrogens (primary N) is 1. The normalized spacial score (nSPS) is 21.1. The second-order valence-corrected chi connectivity index (χ2v) is 5.31. The lowest BCUT2D eigenvalue weighted by atomic mass is 10.3. The standard InChI is InChI=1S/C11H18N4S/c1-2-10-8-15(5-6-16-10)11-13-4-3-9(7-12)14-11/h3-4,10H,2,5-8,12H2,1H3. The van der Waals surface area contributed by atoms with Crippen LogP contribution in [0.3, 0.4) is 0 Å². The van der Waals surface area contributed by atoms with Gasteiger partial charge >= 0.3 is 0 Å². The Hall–Kier alpha value is -0.810. The van der Waals surface area contributed by atoms with Crippen molar-refractivity contribution in [3.05, 3.63) is 18.0 Å². The van der Waals surface area contributed by atoms with E-state index in [1.807, 2.05) is 17.8 Å². The van der Waals surface area contributed by atoms with E-state index in [2.05, 4.69) is 21.8 Å². The molecule has 0 spiro atoms. The summed E-state index contributed by atoms with van der Waals surface area (Å²) in [7, 11) is 0. The summed E-state index contributed by atoms with van der Waals surface area (Å²) in [6.45, 7) is 4.80. The van der Waals surface area contributed by atoms with E-state index in [-0.39, 0.29) is 0 Å². The third kappa shape index (κ3) is 2.65. The highest BCUT2D eigenvalue weighted by molar-refractivity contribution is 8.00. The zero-order chi connectivity index (χ0) is 11.4. The summed E-state index contributed by atoms with van der Waals surface area (Å²) in [5.41, 5.74) is 6.50. The SMILES string of the molecule is CCC1CN(c2nccc(CN)n2)CCS1. The fourth-order valence-electron chi connectivity index (χ4n) is 1.80. The molecule has 4 nitrogen and oxygen atoms in total. The quantitative estimate of drug-likeness (QED) is 0.859. The van der Waals surface area contributed by atoms with Crippen LogP contribution in [0.4, 0.5) is 5.95 Å². The van der Waals surface area contributed by atoms with Crippen molar-refractivity contribution in [2.75, 3.05) is 23.7 Å². The Kier molecular flexibility index (Phi) is 4.01. The van der Waals surface area contributed by atoms with Crippen molar-refractivity contribution in [3.63, 3.8) is 0 Å². The molecule has 0 saturated carbocycles. The van der Waals surface area contributed by atoms with E-state index in [9.17, 15) is 0 Å². The van der Waals surface area contributed by atoms with Crippen LogP contribution >= 0.6 is 11.8 Å². The first kappa shape index (κ1) is 11.7. The van der Waals surface area contributed by atoms with Crippen molar-refractivity contribution < 1.29 is 0 Å². The van der Waals surface area contributed by atoms with Crippen molar-refractivity contribution in [1.29, 1.82) is 0 Å². The molecule has 0 aliphatic carbocycles. The maximum Gasteiger partial charge on any atom is 0.225 e. The average Bonchev–Trinajstić information content (AvgIpc) is 2.39. The van der Waals surface area contributed by atoms with Crippen molar-refractivity contribution in [3.8, 4) is 0 Å². The van der Waals surface area contributed by atoms with E-state index < -0.39 is 0 Å². The maximum absolute atomic E-state index is 5.59. The second-order valence-electron chi connectivity index (χ2n) is 3.90. The van der Waals surface area contributed by atoms with Crippen LogP contribution < -0.4 is 10.6 Å². The van der Waals surface area contributed by atoms with Crippen LogP contribution in [0.2, 0.25) is 0 Å². The number of nitrogens with zero attached hydrogens (tertiary/aromatic N) is 3. The van der Waals surface area contributed by atoms with Gasteiger partial charge in [-0.25, -0.2) is 9.97 Å². The van der Waals surface area contributed by atoms with Gasteiger partial charge < -0.3 is 10.6 Å². The molecule has 1 aromatic heterocycles. The van der Waals surface area contributed by atoms with Gasteiger partial charge in [-0.15, -0.1) is 0 Å². The monoisotopic (exact) mass is 238 g/mol. The highest BCUT2D eigenvalue weighted by Crippen LogP contribution is 2.23. The van der Waals surface area contributed by atoms with Crippen LogP contribution in [0.15, 0.2) is 12.3 Å². The smallest absolute Gasteiger partial charge is 0.225 e.